The van der Waals surface area contributed by atoms with Crippen molar-refractivity contribution < 1.29 is 23.8 Å². The molecule has 0 bridgehead atoms. The van der Waals surface area contributed by atoms with Gasteiger partial charge in [-0.05, 0) is 55.2 Å². The van der Waals surface area contributed by atoms with Gasteiger partial charge in [-0.2, -0.15) is 5.10 Å². The molecule has 1 aromatic heterocycles. The van der Waals surface area contributed by atoms with Gasteiger partial charge in [0, 0.05) is 37.4 Å². The van der Waals surface area contributed by atoms with Gasteiger partial charge in [0.1, 0.15) is 11.4 Å². The molecule has 1 N–H and O–H groups in total. The Kier molecular flexibility index (Phi) is 6.79. The third-order valence-electron chi connectivity index (χ3n) is 6.65. The summed E-state index contributed by atoms with van der Waals surface area (Å²) in [6, 6.07) is 10.4. The Bertz CT molecular complexity index is 1340. The molecule has 1 amide bonds. The standard InChI is InChI=1S/C26H26ClFN4O4/c1-2-36-26(35)23-19-9-11-31(18-7-6-16-8-10-30(12-13-33)15-17(16)14-18)25(34)24(19)32(29-23)21-5-3-4-20(27)22(21)28/h3-7,14,33H,2,8-13,15H2,1H3. The van der Waals surface area contributed by atoms with Crippen LogP contribution in [0.15, 0.2) is 36.4 Å². The monoisotopic (exact) mass is 512 g/mol. The van der Waals surface area contributed by atoms with E-state index >= 15 is 0 Å². The molecule has 0 atom stereocenters. The average molecular weight is 513 g/mol. The van der Waals surface area contributed by atoms with E-state index in [1.54, 1.807) is 17.9 Å². The van der Waals surface area contributed by atoms with Crippen LogP contribution >= 0.6 is 11.6 Å². The largest absolute Gasteiger partial charge is 0.461 e. The highest BCUT2D eigenvalue weighted by Gasteiger charge is 2.36. The molecule has 188 valence electrons. The van der Waals surface area contributed by atoms with Gasteiger partial charge < -0.3 is 14.7 Å². The number of ether oxygens (including phenoxy) is 1. The average Bonchev–Trinajstić information content (AvgIpc) is 3.26. The molecule has 0 fully saturated rings. The Morgan fingerprint density at radius 2 is 2.03 bits per heavy atom. The number of amides is 1. The maximum atomic E-state index is 15.0. The summed E-state index contributed by atoms with van der Waals surface area (Å²) in [5.74, 6) is -1.78. The van der Waals surface area contributed by atoms with Crippen LogP contribution in [0.1, 0.15) is 44.6 Å². The van der Waals surface area contributed by atoms with E-state index in [0.717, 1.165) is 18.5 Å². The zero-order valence-electron chi connectivity index (χ0n) is 19.8. The Labute approximate surface area is 212 Å². The smallest absolute Gasteiger partial charge is 0.359 e. The van der Waals surface area contributed by atoms with E-state index in [-0.39, 0.29) is 41.2 Å². The second kappa shape index (κ2) is 10.0. The normalized spacial score (nSPS) is 15.6. The number of β-amino-alcohol motifs (C(OH)–C–C–N with tert-alkyl or cyclic N) is 1. The van der Waals surface area contributed by atoms with Crippen molar-refractivity contribution >= 4 is 29.2 Å². The number of halogens is 2. The number of esters is 1. The number of benzene rings is 2. The predicted octanol–water partition coefficient (Wildman–Crippen LogP) is 3.39. The number of hydrogen-bond donors (Lipinski definition) is 1. The third kappa shape index (κ3) is 4.27. The van der Waals surface area contributed by atoms with Crippen molar-refractivity contribution in [1.82, 2.24) is 14.7 Å². The van der Waals surface area contributed by atoms with Crippen LogP contribution in [0.2, 0.25) is 5.02 Å². The first-order valence-electron chi connectivity index (χ1n) is 11.9. The minimum absolute atomic E-state index is 0.00399. The lowest BCUT2D eigenvalue weighted by atomic mass is 9.97. The fourth-order valence-electron chi connectivity index (χ4n) is 4.90. The summed E-state index contributed by atoms with van der Waals surface area (Å²) in [4.78, 5) is 30.3. The lowest BCUT2D eigenvalue weighted by Gasteiger charge is -2.31. The van der Waals surface area contributed by atoms with Crippen LogP contribution in [0.5, 0.6) is 0 Å². The number of hydrogen-bond acceptors (Lipinski definition) is 6. The molecule has 2 aromatic carbocycles. The summed E-state index contributed by atoms with van der Waals surface area (Å²) in [7, 11) is 0. The fraction of sp³-hybridized carbons (Fsp3) is 0.346. The predicted molar refractivity (Wildman–Crippen MR) is 132 cm³/mol. The van der Waals surface area contributed by atoms with Gasteiger partial charge in [-0.3, -0.25) is 9.69 Å². The molecule has 0 saturated heterocycles. The van der Waals surface area contributed by atoms with Crippen LogP contribution in [-0.4, -0.2) is 64.5 Å². The third-order valence-corrected chi connectivity index (χ3v) is 6.95. The first-order valence-corrected chi connectivity index (χ1v) is 12.3. The molecule has 0 unspecified atom stereocenters. The fourth-order valence-corrected chi connectivity index (χ4v) is 5.07. The summed E-state index contributed by atoms with van der Waals surface area (Å²) in [5.41, 5.74) is 3.57. The van der Waals surface area contributed by atoms with Gasteiger partial charge in [0.15, 0.2) is 11.5 Å². The molecule has 36 heavy (non-hydrogen) atoms. The minimum atomic E-state index is -0.734. The number of rotatable bonds is 6. The first-order chi connectivity index (χ1) is 17.4. The zero-order valence-corrected chi connectivity index (χ0v) is 20.6. The Morgan fingerprint density at radius 1 is 1.19 bits per heavy atom. The molecule has 10 heteroatoms. The van der Waals surface area contributed by atoms with Crippen LogP contribution in [-0.2, 0) is 24.1 Å². The van der Waals surface area contributed by atoms with E-state index < -0.39 is 11.8 Å². The van der Waals surface area contributed by atoms with E-state index in [0.29, 0.717) is 37.3 Å². The van der Waals surface area contributed by atoms with Crippen molar-refractivity contribution in [3.8, 4) is 5.69 Å². The molecule has 3 aromatic rings. The highest BCUT2D eigenvalue weighted by Crippen LogP contribution is 2.32. The van der Waals surface area contributed by atoms with Crippen molar-refractivity contribution in [3.05, 3.63) is 75.3 Å². The molecular weight excluding hydrogens is 487 g/mol. The van der Waals surface area contributed by atoms with E-state index in [1.165, 1.54) is 22.4 Å². The lowest BCUT2D eigenvalue weighted by molar-refractivity contribution is 0.0517. The van der Waals surface area contributed by atoms with E-state index in [2.05, 4.69) is 10.00 Å². The van der Waals surface area contributed by atoms with Gasteiger partial charge in [-0.15, -0.1) is 0 Å². The maximum Gasteiger partial charge on any atom is 0.359 e. The van der Waals surface area contributed by atoms with Crippen molar-refractivity contribution in [2.75, 3.05) is 37.7 Å². The number of carbonyl (C=O) groups is 2. The zero-order chi connectivity index (χ0) is 25.4. The first kappa shape index (κ1) is 24.4. The summed E-state index contributed by atoms with van der Waals surface area (Å²) in [5, 5.41) is 13.5. The molecule has 2 aliphatic rings. The topological polar surface area (TPSA) is 87.9 Å². The molecular formula is C26H26ClFN4O4. The maximum absolute atomic E-state index is 15.0. The molecule has 0 radical (unpaired) electrons. The molecule has 0 spiro atoms. The number of carbonyl (C=O) groups excluding carboxylic acids is 2. The Balaban J connectivity index is 1.57. The van der Waals surface area contributed by atoms with Crippen LogP contribution < -0.4 is 4.90 Å². The highest BCUT2D eigenvalue weighted by molar-refractivity contribution is 6.30. The van der Waals surface area contributed by atoms with E-state index in [4.69, 9.17) is 16.3 Å². The quantitative estimate of drug-likeness (QED) is 0.509. The molecule has 0 aliphatic carbocycles. The lowest BCUT2D eigenvalue weighted by Crippen LogP contribution is -2.39. The minimum Gasteiger partial charge on any atom is -0.461 e. The van der Waals surface area contributed by atoms with Crippen LogP contribution in [0.3, 0.4) is 0 Å². The van der Waals surface area contributed by atoms with Crippen LogP contribution in [0, 0.1) is 5.82 Å². The van der Waals surface area contributed by atoms with Gasteiger partial charge in [0.25, 0.3) is 5.91 Å². The molecule has 5 rings (SSSR count). The van der Waals surface area contributed by atoms with Gasteiger partial charge in [0.05, 0.1) is 18.2 Å². The molecule has 2 aliphatic heterocycles. The second-order valence-electron chi connectivity index (χ2n) is 8.79. The summed E-state index contributed by atoms with van der Waals surface area (Å²) >= 11 is 6.01. The van der Waals surface area contributed by atoms with Crippen molar-refractivity contribution in [3.63, 3.8) is 0 Å². The number of anilines is 1. The molecule has 8 nitrogen and oxygen atoms in total. The summed E-state index contributed by atoms with van der Waals surface area (Å²) in [6.45, 7) is 4.42. The van der Waals surface area contributed by atoms with Gasteiger partial charge in [0.2, 0.25) is 0 Å². The van der Waals surface area contributed by atoms with Crippen LogP contribution in [0.4, 0.5) is 10.1 Å². The number of nitrogens with zero attached hydrogens (tertiary/aromatic N) is 4. The Morgan fingerprint density at radius 3 is 2.81 bits per heavy atom. The highest BCUT2D eigenvalue weighted by atomic mass is 35.5. The van der Waals surface area contributed by atoms with Gasteiger partial charge in [-0.25, -0.2) is 13.9 Å². The van der Waals surface area contributed by atoms with E-state index in [9.17, 15) is 19.1 Å². The number of aromatic nitrogens is 2. The summed E-state index contributed by atoms with van der Waals surface area (Å²) < 4.78 is 21.3. The van der Waals surface area contributed by atoms with Gasteiger partial charge in [-0.1, -0.05) is 23.7 Å². The second-order valence-corrected chi connectivity index (χ2v) is 9.20. The number of aliphatic hydroxyl groups excluding tert-OH is 1. The van der Waals surface area contributed by atoms with Crippen molar-refractivity contribution in [2.45, 2.75) is 26.3 Å². The molecule has 0 saturated carbocycles. The number of aliphatic hydroxyl groups is 1. The SMILES string of the molecule is CCOC(=O)c1nn(-c2cccc(Cl)c2F)c2c1CCN(c1ccc3c(c1)CN(CCO)CC3)C2=O. The van der Waals surface area contributed by atoms with Crippen molar-refractivity contribution in [2.24, 2.45) is 0 Å². The van der Waals surface area contributed by atoms with Gasteiger partial charge >= 0.3 is 5.97 Å². The summed E-state index contributed by atoms with van der Waals surface area (Å²) in [6.07, 6.45) is 1.22. The van der Waals surface area contributed by atoms with E-state index in [1.807, 2.05) is 18.2 Å². The van der Waals surface area contributed by atoms with Crippen LogP contribution in [0.25, 0.3) is 5.69 Å². The van der Waals surface area contributed by atoms with Crippen molar-refractivity contribution in [1.29, 1.82) is 0 Å². The molecule has 3 heterocycles. The Hall–Kier alpha value is -3.27. The number of fused-ring (bicyclic) bond motifs is 2.